The Morgan fingerprint density at radius 2 is 1.84 bits per heavy atom. The number of carbonyl (C=O) groups is 1. The smallest absolute Gasteiger partial charge is 0.223 e. The molecule has 4 rings (SSSR count). The van der Waals surface area contributed by atoms with E-state index >= 15 is 0 Å². The first kappa shape index (κ1) is 21.1. The van der Waals surface area contributed by atoms with E-state index in [0.29, 0.717) is 6.54 Å². The average molecular weight is 419 g/mol. The Hall–Kier alpha value is -3.12. The number of nitrogens with one attached hydrogen (secondary N) is 1. The molecule has 1 N–H and O–H groups in total. The zero-order chi connectivity index (χ0) is 21.6. The summed E-state index contributed by atoms with van der Waals surface area (Å²) in [5, 5.41) is 7.62. The molecule has 0 spiro atoms. The maximum atomic E-state index is 12.6. The lowest BCUT2D eigenvalue weighted by atomic mass is 9.95. The first-order valence-corrected chi connectivity index (χ1v) is 10.8. The van der Waals surface area contributed by atoms with Gasteiger partial charge in [0.15, 0.2) is 0 Å². The van der Waals surface area contributed by atoms with Crippen LogP contribution < -0.4 is 10.1 Å². The van der Waals surface area contributed by atoms with Crippen molar-refractivity contribution in [2.75, 3.05) is 20.2 Å². The minimum absolute atomic E-state index is 0.0872. The number of benzene rings is 2. The Balaban J connectivity index is 1.24. The first-order chi connectivity index (χ1) is 15.1. The molecule has 2 aromatic carbocycles. The van der Waals surface area contributed by atoms with Crippen molar-refractivity contribution in [1.29, 1.82) is 0 Å². The molecule has 6 heteroatoms. The lowest BCUT2D eigenvalue weighted by molar-refractivity contribution is -0.126. The molecule has 0 unspecified atom stereocenters. The zero-order valence-electron chi connectivity index (χ0n) is 18.3. The molecule has 162 valence electrons. The molecule has 0 saturated carbocycles. The minimum Gasteiger partial charge on any atom is -0.497 e. The maximum Gasteiger partial charge on any atom is 0.223 e. The fourth-order valence-electron chi connectivity index (χ4n) is 4.08. The summed E-state index contributed by atoms with van der Waals surface area (Å²) in [4.78, 5) is 15.0. The van der Waals surface area contributed by atoms with Crippen LogP contribution in [0.4, 0.5) is 0 Å². The van der Waals surface area contributed by atoms with Gasteiger partial charge in [-0.3, -0.25) is 9.69 Å². The highest BCUT2D eigenvalue weighted by molar-refractivity contribution is 5.78. The van der Waals surface area contributed by atoms with E-state index in [4.69, 9.17) is 4.74 Å². The van der Waals surface area contributed by atoms with Crippen LogP contribution in [0, 0.1) is 12.8 Å². The maximum absolute atomic E-state index is 12.6. The van der Waals surface area contributed by atoms with Gasteiger partial charge in [0.05, 0.1) is 19.0 Å². The highest BCUT2D eigenvalue weighted by Crippen LogP contribution is 2.20. The number of carbonyl (C=O) groups excluding carboxylic acids is 1. The van der Waals surface area contributed by atoms with Crippen LogP contribution in [0.1, 0.15) is 29.5 Å². The Morgan fingerprint density at radius 3 is 2.55 bits per heavy atom. The molecule has 1 saturated heterocycles. The van der Waals surface area contributed by atoms with E-state index < -0.39 is 0 Å². The highest BCUT2D eigenvalue weighted by Gasteiger charge is 2.25. The summed E-state index contributed by atoms with van der Waals surface area (Å²) >= 11 is 0. The van der Waals surface area contributed by atoms with Crippen molar-refractivity contribution in [1.82, 2.24) is 20.0 Å². The first-order valence-electron chi connectivity index (χ1n) is 10.8. The third kappa shape index (κ3) is 5.33. The van der Waals surface area contributed by atoms with Crippen LogP contribution in [0.15, 0.2) is 60.9 Å². The van der Waals surface area contributed by atoms with E-state index in [1.807, 2.05) is 47.3 Å². The van der Waals surface area contributed by atoms with Gasteiger partial charge in [-0.25, -0.2) is 4.68 Å². The molecule has 1 aliphatic heterocycles. The van der Waals surface area contributed by atoms with Gasteiger partial charge in [-0.15, -0.1) is 0 Å². The van der Waals surface area contributed by atoms with Gasteiger partial charge < -0.3 is 10.1 Å². The van der Waals surface area contributed by atoms with Crippen LogP contribution in [-0.2, 0) is 17.9 Å². The van der Waals surface area contributed by atoms with Crippen LogP contribution in [-0.4, -0.2) is 40.8 Å². The number of aromatic nitrogens is 2. The third-order valence-electron chi connectivity index (χ3n) is 5.99. The monoisotopic (exact) mass is 418 g/mol. The molecule has 0 radical (unpaired) electrons. The molecule has 0 bridgehead atoms. The number of rotatable bonds is 7. The zero-order valence-corrected chi connectivity index (χ0v) is 18.3. The van der Waals surface area contributed by atoms with Gasteiger partial charge in [-0.2, -0.15) is 5.10 Å². The van der Waals surface area contributed by atoms with E-state index in [9.17, 15) is 4.79 Å². The van der Waals surface area contributed by atoms with Crippen LogP contribution in [0.25, 0.3) is 5.69 Å². The molecule has 1 aromatic heterocycles. The van der Waals surface area contributed by atoms with Crippen LogP contribution in [0.5, 0.6) is 5.75 Å². The SMILES string of the molecule is COc1ccc(CNC(=O)C2CCN(Cc3cnn(-c4ccccc4C)c3)CC2)cc1. The molecule has 1 fully saturated rings. The number of para-hydroxylation sites is 1. The summed E-state index contributed by atoms with van der Waals surface area (Å²) in [7, 11) is 1.65. The van der Waals surface area contributed by atoms with Crippen LogP contribution in [0.2, 0.25) is 0 Å². The van der Waals surface area contributed by atoms with Crippen molar-refractivity contribution in [3.63, 3.8) is 0 Å². The standard InChI is InChI=1S/C25H30N4O2/c1-19-5-3-4-6-24(19)29-18-21(16-27-29)17-28-13-11-22(12-14-28)25(30)26-15-20-7-9-23(31-2)10-8-20/h3-10,16,18,22H,11-15,17H2,1-2H3,(H,26,30). The number of nitrogens with zero attached hydrogens (tertiary/aromatic N) is 3. The van der Waals surface area contributed by atoms with E-state index in [0.717, 1.165) is 49.5 Å². The molecule has 0 atom stereocenters. The Morgan fingerprint density at radius 1 is 1.10 bits per heavy atom. The van der Waals surface area contributed by atoms with Crippen molar-refractivity contribution < 1.29 is 9.53 Å². The van der Waals surface area contributed by atoms with Crippen molar-refractivity contribution >= 4 is 5.91 Å². The second kappa shape index (κ2) is 9.79. The number of ether oxygens (including phenoxy) is 1. The van der Waals surface area contributed by atoms with E-state index in [1.165, 1.54) is 11.1 Å². The summed E-state index contributed by atoms with van der Waals surface area (Å²) in [5.74, 6) is 1.07. The lowest BCUT2D eigenvalue weighted by Crippen LogP contribution is -2.40. The van der Waals surface area contributed by atoms with Crippen LogP contribution in [0.3, 0.4) is 0 Å². The Bertz CT molecular complexity index is 1000. The number of hydrogen-bond acceptors (Lipinski definition) is 4. The van der Waals surface area contributed by atoms with E-state index in [2.05, 4.69) is 40.6 Å². The summed E-state index contributed by atoms with van der Waals surface area (Å²) in [5.41, 5.74) is 4.60. The average Bonchev–Trinajstić information content (AvgIpc) is 3.26. The largest absolute Gasteiger partial charge is 0.497 e. The second-order valence-corrected chi connectivity index (χ2v) is 8.20. The van der Waals surface area contributed by atoms with Crippen molar-refractivity contribution in [2.45, 2.75) is 32.9 Å². The van der Waals surface area contributed by atoms with E-state index in [1.54, 1.807) is 7.11 Å². The predicted molar refractivity (Wildman–Crippen MR) is 121 cm³/mol. The van der Waals surface area contributed by atoms with Crippen molar-refractivity contribution in [2.24, 2.45) is 5.92 Å². The molecule has 31 heavy (non-hydrogen) atoms. The molecule has 2 heterocycles. The molecule has 3 aromatic rings. The number of methoxy groups -OCH3 is 1. The third-order valence-corrected chi connectivity index (χ3v) is 5.99. The van der Waals surface area contributed by atoms with Gasteiger partial charge in [0.25, 0.3) is 0 Å². The normalized spacial score (nSPS) is 15.0. The van der Waals surface area contributed by atoms with Gasteiger partial charge in [0.2, 0.25) is 5.91 Å². The number of hydrogen-bond donors (Lipinski definition) is 1. The quantitative estimate of drug-likeness (QED) is 0.635. The molecular weight excluding hydrogens is 388 g/mol. The Kier molecular flexibility index (Phi) is 6.67. The van der Waals surface area contributed by atoms with E-state index in [-0.39, 0.29) is 11.8 Å². The van der Waals surface area contributed by atoms with Crippen molar-refractivity contribution in [3.05, 3.63) is 77.6 Å². The summed E-state index contributed by atoms with van der Waals surface area (Å²) in [6.45, 7) is 5.38. The van der Waals surface area contributed by atoms with Gasteiger partial charge in [-0.05, 0) is 62.2 Å². The number of amides is 1. The summed E-state index contributed by atoms with van der Waals surface area (Å²) < 4.78 is 7.12. The topological polar surface area (TPSA) is 59.4 Å². The molecule has 6 nitrogen and oxygen atoms in total. The number of piperidine rings is 1. The fourth-order valence-corrected chi connectivity index (χ4v) is 4.08. The van der Waals surface area contributed by atoms with Gasteiger partial charge in [-0.1, -0.05) is 30.3 Å². The second-order valence-electron chi connectivity index (χ2n) is 8.20. The minimum atomic E-state index is 0.0872. The molecule has 0 aliphatic carbocycles. The van der Waals surface area contributed by atoms with Gasteiger partial charge in [0, 0.05) is 30.8 Å². The number of likely N-dealkylation sites (tertiary alicyclic amines) is 1. The predicted octanol–water partition coefficient (Wildman–Crippen LogP) is 3.72. The fraction of sp³-hybridized carbons (Fsp3) is 0.360. The molecule has 1 aliphatic rings. The molecular formula is C25H30N4O2. The summed E-state index contributed by atoms with van der Waals surface area (Å²) in [6.07, 6.45) is 5.83. The number of aryl methyl sites for hydroxylation is 1. The highest BCUT2D eigenvalue weighted by atomic mass is 16.5. The lowest BCUT2D eigenvalue weighted by Gasteiger charge is -2.30. The van der Waals surface area contributed by atoms with Gasteiger partial charge >= 0.3 is 0 Å². The Labute approximate surface area is 183 Å². The van der Waals surface area contributed by atoms with Gasteiger partial charge in [0.1, 0.15) is 5.75 Å². The van der Waals surface area contributed by atoms with Crippen molar-refractivity contribution in [3.8, 4) is 11.4 Å². The molecule has 1 amide bonds. The summed E-state index contributed by atoms with van der Waals surface area (Å²) in [6, 6.07) is 16.1. The van der Waals surface area contributed by atoms with Crippen LogP contribution >= 0.6 is 0 Å².